The lowest BCUT2D eigenvalue weighted by Crippen LogP contribution is -2.39. The van der Waals surface area contributed by atoms with E-state index in [-0.39, 0.29) is 17.4 Å². The first-order valence-electron chi connectivity index (χ1n) is 9.11. The van der Waals surface area contributed by atoms with Crippen molar-refractivity contribution in [1.29, 1.82) is 0 Å². The van der Waals surface area contributed by atoms with Gasteiger partial charge in [0.05, 0.1) is 5.69 Å². The Balaban J connectivity index is 1.54. The third-order valence-electron chi connectivity index (χ3n) is 4.84. The zero-order valence-corrected chi connectivity index (χ0v) is 15.8. The van der Waals surface area contributed by atoms with Gasteiger partial charge >= 0.3 is 0 Å². The molecule has 2 aromatic rings. The monoisotopic (exact) mass is 373 g/mol. The van der Waals surface area contributed by atoms with Gasteiger partial charge in [-0.05, 0) is 50.3 Å². The molecule has 1 atom stereocenters. The van der Waals surface area contributed by atoms with E-state index in [9.17, 15) is 9.59 Å². The van der Waals surface area contributed by atoms with E-state index >= 15 is 0 Å². The van der Waals surface area contributed by atoms with Crippen LogP contribution in [0, 0.1) is 6.92 Å². The van der Waals surface area contributed by atoms with Gasteiger partial charge in [0.25, 0.3) is 5.56 Å². The van der Waals surface area contributed by atoms with Crippen molar-refractivity contribution in [3.05, 3.63) is 62.8 Å². The number of carbonyl (C=O) groups is 1. The van der Waals surface area contributed by atoms with E-state index in [1.807, 2.05) is 29.2 Å². The van der Waals surface area contributed by atoms with Crippen LogP contribution in [0.3, 0.4) is 0 Å². The molecule has 1 fully saturated rings. The molecular formula is C20H24ClN3O2. The van der Waals surface area contributed by atoms with Crippen molar-refractivity contribution in [3.8, 4) is 0 Å². The van der Waals surface area contributed by atoms with Crippen LogP contribution in [0.25, 0.3) is 0 Å². The molecule has 26 heavy (non-hydrogen) atoms. The van der Waals surface area contributed by atoms with Crippen LogP contribution >= 0.6 is 11.6 Å². The predicted molar refractivity (Wildman–Crippen MR) is 103 cm³/mol. The lowest BCUT2D eigenvalue weighted by Gasteiger charge is -2.32. The first-order chi connectivity index (χ1) is 12.5. The second kappa shape index (κ2) is 8.49. The Kier molecular flexibility index (Phi) is 6.09. The van der Waals surface area contributed by atoms with Crippen LogP contribution in [-0.4, -0.2) is 33.9 Å². The summed E-state index contributed by atoms with van der Waals surface area (Å²) >= 11 is 5.89. The number of halogens is 1. The summed E-state index contributed by atoms with van der Waals surface area (Å²) in [5, 5.41) is 0.729. The van der Waals surface area contributed by atoms with Gasteiger partial charge in [-0.3, -0.25) is 9.59 Å². The SMILES string of the molecule is Cc1nc(C2CCCN(C(=O)CCCc3ccc(Cl)cc3)C2)cc(=O)[nH]1. The van der Waals surface area contributed by atoms with Crippen LogP contribution in [0.5, 0.6) is 0 Å². The summed E-state index contributed by atoms with van der Waals surface area (Å²) in [5.41, 5.74) is 1.87. The van der Waals surface area contributed by atoms with Gasteiger partial charge in [0, 0.05) is 36.5 Å². The highest BCUT2D eigenvalue weighted by Crippen LogP contribution is 2.25. The fourth-order valence-corrected chi connectivity index (χ4v) is 3.64. The van der Waals surface area contributed by atoms with Gasteiger partial charge in [0.2, 0.25) is 5.91 Å². The summed E-state index contributed by atoms with van der Waals surface area (Å²) in [5.74, 6) is 0.953. The zero-order valence-electron chi connectivity index (χ0n) is 15.0. The summed E-state index contributed by atoms with van der Waals surface area (Å²) in [6, 6.07) is 9.33. The van der Waals surface area contributed by atoms with Crippen molar-refractivity contribution in [3.63, 3.8) is 0 Å². The number of carbonyl (C=O) groups excluding carboxylic acids is 1. The second-order valence-corrected chi connectivity index (χ2v) is 7.35. The van der Waals surface area contributed by atoms with Crippen molar-refractivity contribution in [2.24, 2.45) is 0 Å². The smallest absolute Gasteiger partial charge is 0.251 e. The van der Waals surface area contributed by atoms with E-state index < -0.39 is 0 Å². The highest BCUT2D eigenvalue weighted by molar-refractivity contribution is 6.30. The van der Waals surface area contributed by atoms with Gasteiger partial charge in [-0.25, -0.2) is 4.98 Å². The zero-order chi connectivity index (χ0) is 18.5. The molecule has 0 bridgehead atoms. The Hall–Kier alpha value is -2.14. The van der Waals surface area contributed by atoms with Crippen molar-refractivity contribution >= 4 is 17.5 Å². The number of hydrogen-bond acceptors (Lipinski definition) is 3. The molecule has 3 rings (SSSR count). The summed E-state index contributed by atoms with van der Waals surface area (Å²) in [6.45, 7) is 3.22. The van der Waals surface area contributed by atoms with Gasteiger partial charge < -0.3 is 9.88 Å². The highest BCUT2D eigenvalue weighted by Gasteiger charge is 2.25. The minimum Gasteiger partial charge on any atom is -0.342 e. The molecule has 1 unspecified atom stereocenters. The largest absolute Gasteiger partial charge is 0.342 e. The number of amides is 1. The molecular weight excluding hydrogens is 350 g/mol. The number of benzene rings is 1. The summed E-state index contributed by atoms with van der Waals surface area (Å²) in [4.78, 5) is 33.3. The predicted octanol–water partition coefficient (Wildman–Crippen LogP) is 3.46. The fourth-order valence-electron chi connectivity index (χ4n) is 3.51. The molecule has 2 heterocycles. The number of piperidine rings is 1. The number of nitrogens with one attached hydrogen (secondary N) is 1. The average molecular weight is 374 g/mol. The highest BCUT2D eigenvalue weighted by atomic mass is 35.5. The standard InChI is InChI=1S/C20H24ClN3O2/c1-14-22-18(12-19(25)23-14)16-5-3-11-24(13-16)20(26)6-2-4-15-7-9-17(21)10-8-15/h7-10,12,16H,2-6,11,13H2,1H3,(H,22,23,25). The Morgan fingerprint density at radius 1 is 1.35 bits per heavy atom. The maximum Gasteiger partial charge on any atom is 0.251 e. The number of aryl methyl sites for hydroxylation is 2. The third-order valence-corrected chi connectivity index (χ3v) is 5.09. The molecule has 1 N–H and O–H groups in total. The van der Waals surface area contributed by atoms with Gasteiger partial charge in [0.1, 0.15) is 5.82 Å². The van der Waals surface area contributed by atoms with Gasteiger partial charge in [-0.15, -0.1) is 0 Å². The van der Waals surface area contributed by atoms with E-state index in [0.29, 0.717) is 18.8 Å². The van der Waals surface area contributed by atoms with Gasteiger partial charge in [-0.2, -0.15) is 0 Å². The second-order valence-electron chi connectivity index (χ2n) is 6.91. The fraction of sp³-hybridized carbons (Fsp3) is 0.450. The molecule has 0 spiro atoms. The minimum atomic E-state index is -0.126. The number of likely N-dealkylation sites (tertiary alicyclic amines) is 1. The van der Waals surface area contributed by atoms with Crippen LogP contribution in [0.4, 0.5) is 0 Å². The molecule has 1 amide bonds. The Morgan fingerprint density at radius 2 is 2.12 bits per heavy atom. The van der Waals surface area contributed by atoms with E-state index in [0.717, 1.165) is 42.9 Å². The molecule has 0 radical (unpaired) electrons. The molecule has 5 nitrogen and oxygen atoms in total. The first kappa shape index (κ1) is 18.6. The third kappa shape index (κ3) is 4.94. The van der Waals surface area contributed by atoms with Crippen LogP contribution in [0.1, 0.15) is 48.7 Å². The van der Waals surface area contributed by atoms with Gasteiger partial charge in [0.15, 0.2) is 0 Å². The van der Waals surface area contributed by atoms with E-state index in [1.165, 1.54) is 5.56 Å². The molecule has 0 aliphatic carbocycles. The van der Waals surface area contributed by atoms with E-state index in [1.54, 1.807) is 13.0 Å². The van der Waals surface area contributed by atoms with Crippen molar-refractivity contribution in [2.45, 2.75) is 44.9 Å². The molecule has 1 aromatic heterocycles. The van der Waals surface area contributed by atoms with Crippen molar-refractivity contribution in [1.82, 2.24) is 14.9 Å². The lowest BCUT2D eigenvalue weighted by atomic mass is 9.94. The number of nitrogens with zero attached hydrogens (tertiary/aromatic N) is 2. The first-order valence-corrected chi connectivity index (χ1v) is 9.49. The van der Waals surface area contributed by atoms with E-state index in [4.69, 9.17) is 11.6 Å². The normalized spacial score (nSPS) is 17.3. The van der Waals surface area contributed by atoms with Crippen molar-refractivity contribution < 1.29 is 4.79 Å². The summed E-state index contributed by atoms with van der Waals surface area (Å²) in [6.07, 6.45) is 4.14. The number of rotatable bonds is 5. The lowest BCUT2D eigenvalue weighted by molar-refractivity contribution is -0.132. The summed E-state index contributed by atoms with van der Waals surface area (Å²) < 4.78 is 0. The van der Waals surface area contributed by atoms with Crippen LogP contribution in [0.2, 0.25) is 5.02 Å². The van der Waals surface area contributed by atoms with Crippen LogP contribution in [-0.2, 0) is 11.2 Å². The molecule has 1 aromatic carbocycles. The quantitative estimate of drug-likeness (QED) is 0.872. The Bertz CT molecular complexity index is 817. The topological polar surface area (TPSA) is 66.1 Å². The van der Waals surface area contributed by atoms with Crippen LogP contribution in [0.15, 0.2) is 35.1 Å². The molecule has 138 valence electrons. The molecule has 1 saturated heterocycles. The number of aromatic amines is 1. The van der Waals surface area contributed by atoms with Gasteiger partial charge in [-0.1, -0.05) is 23.7 Å². The number of hydrogen-bond donors (Lipinski definition) is 1. The maximum atomic E-state index is 12.6. The molecule has 6 heteroatoms. The summed E-state index contributed by atoms with van der Waals surface area (Å²) in [7, 11) is 0. The number of H-pyrrole nitrogens is 1. The van der Waals surface area contributed by atoms with Crippen LogP contribution < -0.4 is 5.56 Å². The molecule has 1 aliphatic heterocycles. The minimum absolute atomic E-state index is 0.126. The molecule has 0 saturated carbocycles. The maximum absolute atomic E-state index is 12.6. The van der Waals surface area contributed by atoms with Crippen molar-refractivity contribution in [2.75, 3.05) is 13.1 Å². The average Bonchev–Trinajstić information content (AvgIpc) is 2.62. The number of aromatic nitrogens is 2. The van der Waals surface area contributed by atoms with E-state index in [2.05, 4.69) is 9.97 Å². The Labute approximate surface area is 158 Å². The molecule has 1 aliphatic rings. The Morgan fingerprint density at radius 3 is 2.85 bits per heavy atom.